The second-order valence-electron chi connectivity index (χ2n) is 4.98. The van der Waals surface area contributed by atoms with Gasteiger partial charge in [-0.15, -0.1) is 0 Å². The molecule has 1 rings (SSSR count). The average molecular weight is 285 g/mol. The third kappa shape index (κ3) is 6.31. The van der Waals surface area contributed by atoms with E-state index in [2.05, 4.69) is 6.92 Å². The maximum Gasteiger partial charge on any atom is 0.137 e. The van der Waals surface area contributed by atoms with E-state index in [1.165, 1.54) is 32.1 Å². The maximum absolute atomic E-state index is 9.46. The van der Waals surface area contributed by atoms with Crippen LogP contribution >= 0.6 is 11.6 Å². The largest absolute Gasteiger partial charge is 0.492 e. The van der Waals surface area contributed by atoms with E-state index in [4.69, 9.17) is 16.3 Å². The minimum atomic E-state index is -0.495. The van der Waals surface area contributed by atoms with E-state index >= 15 is 0 Å². The fourth-order valence-electron chi connectivity index (χ4n) is 1.96. The second kappa shape index (κ2) is 9.22. The predicted octanol–water partition coefficient (Wildman–Crippen LogP) is 5.13. The van der Waals surface area contributed by atoms with Gasteiger partial charge in [-0.05, 0) is 31.0 Å². The van der Waals surface area contributed by atoms with Gasteiger partial charge in [0, 0.05) is 0 Å². The van der Waals surface area contributed by atoms with Crippen molar-refractivity contribution >= 4 is 11.6 Å². The highest BCUT2D eigenvalue weighted by Crippen LogP contribution is 2.28. The SMILES string of the molecule is CCCCCCCCOc1ccc(C(C)O)cc1Cl. The third-order valence-electron chi connectivity index (χ3n) is 3.19. The van der Waals surface area contributed by atoms with Gasteiger partial charge in [-0.2, -0.15) is 0 Å². The Labute approximate surface area is 121 Å². The van der Waals surface area contributed by atoms with Gasteiger partial charge in [0.15, 0.2) is 0 Å². The molecule has 0 aliphatic rings. The van der Waals surface area contributed by atoms with Gasteiger partial charge in [-0.1, -0.05) is 56.7 Å². The fraction of sp³-hybridized carbons (Fsp3) is 0.625. The molecular weight excluding hydrogens is 260 g/mol. The van der Waals surface area contributed by atoms with Crippen LogP contribution in [0.3, 0.4) is 0 Å². The number of halogens is 1. The lowest BCUT2D eigenvalue weighted by Crippen LogP contribution is -1.99. The molecule has 1 aromatic carbocycles. The van der Waals surface area contributed by atoms with Gasteiger partial charge in [0.25, 0.3) is 0 Å². The summed E-state index contributed by atoms with van der Waals surface area (Å²) in [5.74, 6) is 0.708. The van der Waals surface area contributed by atoms with Crippen molar-refractivity contribution in [2.45, 2.75) is 58.5 Å². The molecule has 0 saturated carbocycles. The molecule has 1 atom stereocenters. The van der Waals surface area contributed by atoms with Crippen LogP contribution in [0.4, 0.5) is 0 Å². The van der Waals surface area contributed by atoms with E-state index in [0.29, 0.717) is 17.4 Å². The smallest absolute Gasteiger partial charge is 0.137 e. The van der Waals surface area contributed by atoms with Crippen molar-refractivity contribution in [1.82, 2.24) is 0 Å². The van der Waals surface area contributed by atoms with Crippen molar-refractivity contribution in [3.05, 3.63) is 28.8 Å². The molecule has 0 aliphatic heterocycles. The first kappa shape index (κ1) is 16.3. The first-order valence-corrected chi connectivity index (χ1v) is 7.63. The summed E-state index contributed by atoms with van der Waals surface area (Å²) in [5.41, 5.74) is 0.817. The molecule has 1 N–H and O–H groups in total. The standard InChI is InChI=1S/C16H25ClO2/c1-3-4-5-6-7-8-11-19-16-10-9-14(13(2)18)12-15(16)17/h9-10,12-13,18H,3-8,11H2,1-2H3. The molecule has 3 heteroatoms. The van der Waals surface area contributed by atoms with Crippen LogP contribution in [0.5, 0.6) is 5.75 Å². The number of benzene rings is 1. The highest BCUT2D eigenvalue weighted by molar-refractivity contribution is 6.32. The number of unbranched alkanes of at least 4 members (excludes halogenated alkanes) is 5. The lowest BCUT2D eigenvalue weighted by atomic mass is 10.1. The summed E-state index contributed by atoms with van der Waals surface area (Å²) in [6.45, 7) is 4.66. The van der Waals surface area contributed by atoms with Gasteiger partial charge in [0.2, 0.25) is 0 Å². The molecule has 0 amide bonds. The quantitative estimate of drug-likeness (QED) is 0.637. The molecule has 1 unspecified atom stereocenters. The predicted molar refractivity (Wildman–Crippen MR) is 81.0 cm³/mol. The Morgan fingerprint density at radius 1 is 1.16 bits per heavy atom. The highest BCUT2D eigenvalue weighted by atomic mass is 35.5. The Hall–Kier alpha value is -0.730. The Morgan fingerprint density at radius 3 is 2.47 bits per heavy atom. The molecule has 0 aromatic heterocycles. The molecule has 0 heterocycles. The first-order valence-electron chi connectivity index (χ1n) is 7.25. The van der Waals surface area contributed by atoms with Crippen LogP contribution in [-0.2, 0) is 0 Å². The van der Waals surface area contributed by atoms with Gasteiger partial charge in [-0.3, -0.25) is 0 Å². The Bertz CT molecular complexity index is 364. The fourth-order valence-corrected chi connectivity index (χ4v) is 2.20. The monoisotopic (exact) mass is 284 g/mol. The van der Waals surface area contributed by atoms with Crippen LogP contribution in [0.15, 0.2) is 18.2 Å². The van der Waals surface area contributed by atoms with E-state index in [-0.39, 0.29) is 0 Å². The molecule has 0 fully saturated rings. The van der Waals surface area contributed by atoms with Crippen molar-refractivity contribution in [2.24, 2.45) is 0 Å². The summed E-state index contributed by atoms with van der Waals surface area (Å²) in [4.78, 5) is 0. The van der Waals surface area contributed by atoms with Crippen LogP contribution in [-0.4, -0.2) is 11.7 Å². The number of hydrogen-bond donors (Lipinski definition) is 1. The minimum absolute atomic E-state index is 0.495. The van der Waals surface area contributed by atoms with Gasteiger partial charge in [0.05, 0.1) is 17.7 Å². The normalized spacial score (nSPS) is 12.4. The van der Waals surface area contributed by atoms with Crippen molar-refractivity contribution in [2.75, 3.05) is 6.61 Å². The van der Waals surface area contributed by atoms with Crippen LogP contribution in [0.2, 0.25) is 5.02 Å². The number of aliphatic hydroxyl groups is 1. The van der Waals surface area contributed by atoms with E-state index in [1.54, 1.807) is 13.0 Å². The van der Waals surface area contributed by atoms with Crippen molar-refractivity contribution < 1.29 is 9.84 Å². The molecule has 0 aliphatic carbocycles. The van der Waals surface area contributed by atoms with E-state index < -0.39 is 6.10 Å². The number of hydrogen-bond acceptors (Lipinski definition) is 2. The minimum Gasteiger partial charge on any atom is -0.492 e. The van der Waals surface area contributed by atoms with Crippen molar-refractivity contribution in [3.63, 3.8) is 0 Å². The molecule has 0 saturated heterocycles. The number of rotatable bonds is 9. The topological polar surface area (TPSA) is 29.5 Å². The van der Waals surface area contributed by atoms with Gasteiger partial charge in [-0.25, -0.2) is 0 Å². The molecule has 2 nitrogen and oxygen atoms in total. The van der Waals surface area contributed by atoms with Gasteiger partial charge >= 0.3 is 0 Å². The average Bonchev–Trinajstić information content (AvgIpc) is 2.39. The van der Waals surface area contributed by atoms with Crippen LogP contribution < -0.4 is 4.74 Å². The molecule has 0 bridgehead atoms. The van der Waals surface area contributed by atoms with Crippen LogP contribution in [0.25, 0.3) is 0 Å². The van der Waals surface area contributed by atoms with Crippen LogP contribution in [0.1, 0.15) is 64.0 Å². The molecule has 19 heavy (non-hydrogen) atoms. The molecule has 108 valence electrons. The third-order valence-corrected chi connectivity index (χ3v) is 3.49. The molecule has 1 aromatic rings. The summed E-state index contributed by atoms with van der Waals surface area (Å²) >= 11 is 6.12. The summed E-state index contributed by atoms with van der Waals surface area (Å²) < 4.78 is 5.66. The zero-order chi connectivity index (χ0) is 14.1. The van der Waals surface area contributed by atoms with E-state index in [9.17, 15) is 5.11 Å². The number of aliphatic hydroxyl groups excluding tert-OH is 1. The van der Waals surface area contributed by atoms with Crippen LogP contribution in [0, 0.1) is 0 Å². The van der Waals surface area contributed by atoms with Crippen molar-refractivity contribution in [3.8, 4) is 5.75 Å². The molecule has 0 spiro atoms. The molecule has 0 radical (unpaired) electrons. The highest BCUT2D eigenvalue weighted by Gasteiger charge is 2.06. The Balaban J connectivity index is 2.26. The maximum atomic E-state index is 9.46. The lowest BCUT2D eigenvalue weighted by molar-refractivity contribution is 0.199. The molecular formula is C16H25ClO2. The Kier molecular flexibility index (Phi) is 7.92. The summed E-state index contributed by atoms with van der Waals surface area (Å²) in [7, 11) is 0. The zero-order valence-electron chi connectivity index (χ0n) is 12.0. The zero-order valence-corrected chi connectivity index (χ0v) is 12.7. The number of ether oxygens (including phenoxy) is 1. The summed E-state index contributed by atoms with van der Waals surface area (Å²) in [6, 6.07) is 5.46. The van der Waals surface area contributed by atoms with Crippen molar-refractivity contribution in [1.29, 1.82) is 0 Å². The summed E-state index contributed by atoms with van der Waals surface area (Å²) in [5, 5.41) is 10.0. The first-order chi connectivity index (χ1) is 9.15. The second-order valence-corrected chi connectivity index (χ2v) is 5.39. The lowest BCUT2D eigenvalue weighted by Gasteiger charge is -2.10. The van der Waals surface area contributed by atoms with E-state index in [1.807, 2.05) is 12.1 Å². The van der Waals surface area contributed by atoms with Gasteiger partial charge < -0.3 is 9.84 Å². The summed E-state index contributed by atoms with van der Waals surface area (Å²) in [6.07, 6.45) is 6.99. The van der Waals surface area contributed by atoms with Gasteiger partial charge in [0.1, 0.15) is 5.75 Å². The van der Waals surface area contributed by atoms with E-state index in [0.717, 1.165) is 12.0 Å². The Morgan fingerprint density at radius 2 is 1.84 bits per heavy atom.